The predicted octanol–water partition coefficient (Wildman–Crippen LogP) is 3.93. The maximum atomic E-state index is 12.9. The van der Waals surface area contributed by atoms with Crippen LogP contribution in [0.5, 0.6) is 0 Å². The lowest BCUT2D eigenvalue weighted by atomic mass is 10.1. The predicted molar refractivity (Wildman–Crippen MR) is 125 cm³/mol. The fraction of sp³-hybridized carbons (Fsp3) is 0.217. The Morgan fingerprint density at radius 1 is 0.867 bits per heavy atom. The first-order valence-corrected chi connectivity index (χ1v) is 11.1. The molecule has 3 aromatic rings. The molecule has 0 aliphatic heterocycles. The van der Waals surface area contributed by atoms with Gasteiger partial charge in [0.2, 0.25) is 10.0 Å². The Balaban J connectivity index is 0.00000320. The van der Waals surface area contributed by atoms with Gasteiger partial charge in [-0.3, -0.25) is 0 Å². The van der Waals surface area contributed by atoms with Gasteiger partial charge < -0.3 is 11.1 Å². The highest BCUT2D eigenvalue weighted by molar-refractivity contribution is 7.89. The van der Waals surface area contributed by atoms with Crippen LogP contribution in [0.1, 0.15) is 24.1 Å². The number of nitrogens with one attached hydrogen (secondary N) is 2. The van der Waals surface area contributed by atoms with Gasteiger partial charge in [-0.15, -0.1) is 12.4 Å². The number of rotatable bonds is 9. The molecule has 0 spiro atoms. The van der Waals surface area contributed by atoms with Crippen molar-refractivity contribution in [1.29, 1.82) is 0 Å². The van der Waals surface area contributed by atoms with Crippen molar-refractivity contribution in [1.82, 2.24) is 10.0 Å². The number of nitrogens with two attached hydrogens (primary N) is 1. The van der Waals surface area contributed by atoms with Gasteiger partial charge in [0.1, 0.15) is 0 Å². The van der Waals surface area contributed by atoms with Crippen LogP contribution in [0.25, 0.3) is 0 Å². The lowest BCUT2D eigenvalue weighted by Crippen LogP contribution is -2.44. The number of hydrogen-bond acceptors (Lipinski definition) is 4. The number of hydrogen-bond donors (Lipinski definition) is 3. The normalized spacial score (nSPS) is 13.2. The average molecular weight is 446 g/mol. The molecule has 0 saturated heterocycles. The first-order chi connectivity index (χ1) is 13.9. The van der Waals surface area contributed by atoms with Crippen molar-refractivity contribution in [3.63, 3.8) is 0 Å². The third-order valence-corrected chi connectivity index (χ3v) is 6.34. The van der Waals surface area contributed by atoms with Crippen LogP contribution < -0.4 is 15.8 Å². The molecular formula is C23H28ClN3O2S. The van der Waals surface area contributed by atoms with Gasteiger partial charge in [-0.1, -0.05) is 60.7 Å². The molecule has 4 N–H and O–H groups in total. The van der Waals surface area contributed by atoms with E-state index in [0.717, 1.165) is 11.1 Å². The summed E-state index contributed by atoms with van der Waals surface area (Å²) in [5, 5.41) is 3.46. The monoisotopic (exact) mass is 445 g/mol. The summed E-state index contributed by atoms with van der Waals surface area (Å²) in [6.07, 6.45) is 0.587. The average Bonchev–Trinajstić information content (AvgIpc) is 2.73. The van der Waals surface area contributed by atoms with Crippen molar-refractivity contribution in [2.45, 2.75) is 30.3 Å². The van der Waals surface area contributed by atoms with Gasteiger partial charge in [0.25, 0.3) is 0 Å². The fourth-order valence-electron chi connectivity index (χ4n) is 3.17. The first kappa shape index (κ1) is 23.9. The summed E-state index contributed by atoms with van der Waals surface area (Å²) >= 11 is 0. The summed E-state index contributed by atoms with van der Waals surface area (Å²) < 4.78 is 28.6. The Kier molecular flexibility index (Phi) is 8.87. The molecule has 0 bridgehead atoms. The second-order valence-corrected chi connectivity index (χ2v) is 8.83. The van der Waals surface area contributed by atoms with Gasteiger partial charge >= 0.3 is 0 Å². The summed E-state index contributed by atoms with van der Waals surface area (Å²) in [7, 11) is -3.65. The lowest BCUT2D eigenvalue weighted by Gasteiger charge is -2.22. The van der Waals surface area contributed by atoms with Crippen LogP contribution >= 0.6 is 12.4 Å². The highest BCUT2D eigenvalue weighted by Gasteiger charge is 2.21. The number of anilines is 1. The van der Waals surface area contributed by atoms with Crippen molar-refractivity contribution in [2.75, 3.05) is 12.3 Å². The lowest BCUT2D eigenvalue weighted by molar-refractivity contribution is 0.481. The highest BCUT2D eigenvalue weighted by atomic mass is 35.5. The second-order valence-electron chi connectivity index (χ2n) is 7.12. The van der Waals surface area contributed by atoms with E-state index in [1.165, 1.54) is 12.1 Å². The smallest absolute Gasteiger partial charge is 0.240 e. The van der Waals surface area contributed by atoms with Crippen LogP contribution in [0.3, 0.4) is 0 Å². The summed E-state index contributed by atoms with van der Waals surface area (Å²) in [5.41, 5.74) is 8.45. The molecule has 0 aromatic heterocycles. The SMILES string of the molecule is CC(NCC(Cc1ccccc1)NS(=O)(=O)c1ccc(N)cc1)c1ccccc1.Cl. The summed E-state index contributed by atoms with van der Waals surface area (Å²) in [5.74, 6) is 0. The van der Waals surface area contributed by atoms with Crippen molar-refractivity contribution in [3.8, 4) is 0 Å². The standard InChI is InChI=1S/C23H27N3O2S.ClH/c1-18(20-10-6-3-7-11-20)25-17-22(16-19-8-4-2-5-9-19)26-29(27,28)23-14-12-21(24)13-15-23;/h2-15,18,22,25-26H,16-17,24H2,1H3;1H. The zero-order chi connectivity index (χ0) is 20.7. The van der Waals surface area contributed by atoms with E-state index in [4.69, 9.17) is 5.73 Å². The Morgan fingerprint density at radius 2 is 1.43 bits per heavy atom. The van der Waals surface area contributed by atoms with Crippen LogP contribution in [0.4, 0.5) is 5.69 Å². The van der Waals surface area contributed by atoms with Gasteiger partial charge in [-0.2, -0.15) is 0 Å². The topological polar surface area (TPSA) is 84.2 Å². The Morgan fingerprint density at radius 3 is 2.03 bits per heavy atom. The van der Waals surface area contributed by atoms with Crippen LogP contribution in [0, 0.1) is 0 Å². The molecule has 160 valence electrons. The quantitative estimate of drug-likeness (QED) is 0.436. The second kappa shape index (κ2) is 11.1. The number of nitrogen functional groups attached to an aromatic ring is 1. The summed E-state index contributed by atoms with van der Waals surface area (Å²) in [6.45, 7) is 2.57. The molecule has 5 nitrogen and oxygen atoms in total. The third-order valence-electron chi connectivity index (χ3n) is 4.81. The van der Waals surface area contributed by atoms with Crippen LogP contribution in [0.2, 0.25) is 0 Å². The molecule has 0 radical (unpaired) electrons. The van der Waals surface area contributed by atoms with Crippen molar-refractivity contribution in [2.24, 2.45) is 0 Å². The molecule has 0 saturated carbocycles. The molecule has 2 atom stereocenters. The van der Waals surface area contributed by atoms with E-state index in [9.17, 15) is 8.42 Å². The van der Waals surface area contributed by atoms with E-state index in [1.807, 2.05) is 48.5 Å². The zero-order valence-electron chi connectivity index (χ0n) is 16.9. The minimum absolute atomic E-state index is 0. The highest BCUT2D eigenvalue weighted by Crippen LogP contribution is 2.15. The van der Waals surface area contributed by atoms with E-state index in [1.54, 1.807) is 12.1 Å². The first-order valence-electron chi connectivity index (χ1n) is 9.64. The third kappa shape index (κ3) is 6.85. The molecule has 3 rings (SSSR count). The van der Waals surface area contributed by atoms with Crippen LogP contribution in [-0.4, -0.2) is 21.0 Å². The van der Waals surface area contributed by atoms with Crippen molar-refractivity contribution >= 4 is 28.1 Å². The molecule has 2 unspecified atom stereocenters. The summed E-state index contributed by atoms with van der Waals surface area (Å²) in [4.78, 5) is 0.209. The van der Waals surface area contributed by atoms with Crippen LogP contribution in [-0.2, 0) is 16.4 Å². The van der Waals surface area contributed by atoms with Gasteiger partial charge in [-0.05, 0) is 48.7 Å². The number of sulfonamides is 1. The van der Waals surface area contributed by atoms with Gasteiger partial charge in [0.05, 0.1) is 4.90 Å². The zero-order valence-corrected chi connectivity index (χ0v) is 18.5. The molecule has 0 amide bonds. The molecule has 0 fully saturated rings. The van der Waals surface area contributed by atoms with E-state index < -0.39 is 10.0 Å². The van der Waals surface area contributed by atoms with Crippen LogP contribution in [0.15, 0.2) is 89.8 Å². The Bertz CT molecular complexity index is 998. The maximum Gasteiger partial charge on any atom is 0.240 e. The molecule has 0 heterocycles. The Labute approximate surface area is 185 Å². The van der Waals surface area contributed by atoms with E-state index in [2.05, 4.69) is 29.1 Å². The van der Waals surface area contributed by atoms with Crippen molar-refractivity contribution in [3.05, 3.63) is 96.1 Å². The Hall–Kier alpha value is -2.38. The molecule has 0 aliphatic carbocycles. The molecule has 30 heavy (non-hydrogen) atoms. The molecule has 3 aromatic carbocycles. The fourth-order valence-corrected chi connectivity index (χ4v) is 4.40. The minimum atomic E-state index is -3.65. The number of halogens is 1. The largest absolute Gasteiger partial charge is 0.399 e. The van der Waals surface area contributed by atoms with Gasteiger partial charge in [0, 0.05) is 24.3 Å². The van der Waals surface area contributed by atoms with E-state index in [-0.39, 0.29) is 29.4 Å². The van der Waals surface area contributed by atoms with E-state index >= 15 is 0 Å². The van der Waals surface area contributed by atoms with Gasteiger partial charge in [0.15, 0.2) is 0 Å². The summed E-state index contributed by atoms with van der Waals surface area (Å²) in [6, 6.07) is 26.0. The molecule has 0 aliphatic rings. The van der Waals surface area contributed by atoms with E-state index in [0.29, 0.717) is 18.7 Å². The van der Waals surface area contributed by atoms with Gasteiger partial charge in [-0.25, -0.2) is 13.1 Å². The maximum absolute atomic E-state index is 12.9. The van der Waals surface area contributed by atoms with Crippen molar-refractivity contribution < 1.29 is 8.42 Å². The molecular weight excluding hydrogens is 418 g/mol. The minimum Gasteiger partial charge on any atom is -0.399 e. The number of benzene rings is 3. The molecule has 7 heteroatoms.